The van der Waals surface area contributed by atoms with Crippen LogP contribution in [0, 0.1) is 0 Å². The monoisotopic (exact) mass is 306 g/mol. The molecule has 2 aromatic rings. The summed E-state index contributed by atoms with van der Waals surface area (Å²) in [5, 5.41) is 3.14. The van der Waals surface area contributed by atoms with Crippen molar-refractivity contribution in [1.29, 1.82) is 0 Å². The van der Waals surface area contributed by atoms with E-state index in [0.717, 1.165) is 27.9 Å². The summed E-state index contributed by atoms with van der Waals surface area (Å²) in [6.07, 6.45) is 3.54. The average molecular weight is 307 g/mol. The largest absolute Gasteiger partial charge is 0.487 e. The fraction of sp³-hybridized carbons (Fsp3) is 0.214. The van der Waals surface area contributed by atoms with E-state index < -0.39 is 0 Å². The van der Waals surface area contributed by atoms with Gasteiger partial charge in [0.25, 0.3) is 0 Å². The van der Waals surface area contributed by atoms with E-state index in [1.54, 1.807) is 12.4 Å². The average Bonchev–Trinajstić information content (AvgIpc) is 2.40. The minimum Gasteiger partial charge on any atom is -0.487 e. The third-order valence-electron chi connectivity index (χ3n) is 2.55. The molecule has 0 aliphatic heterocycles. The third kappa shape index (κ3) is 3.31. The standard InChI is InChI=1S/C14H15BrN2O/c1-16-9-12-3-2-4-13(15)14(12)18-10-11-5-7-17-8-6-11/h2-8,16H,9-10H2,1H3. The van der Waals surface area contributed by atoms with Crippen LogP contribution in [-0.4, -0.2) is 12.0 Å². The number of pyridine rings is 1. The van der Waals surface area contributed by atoms with E-state index in [4.69, 9.17) is 4.74 Å². The molecule has 0 aliphatic carbocycles. The van der Waals surface area contributed by atoms with Crippen LogP contribution in [0.3, 0.4) is 0 Å². The molecule has 1 N–H and O–H groups in total. The van der Waals surface area contributed by atoms with Crippen molar-refractivity contribution >= 4 is 15.9 Å². The molecule has 4 heteroatoms. The zero-order valence-electron chi connectivity index (χ0n) is 10.2. The highest BCUT2D eigenvalue weighted by molar-refractivity contribution is 9.10. The van der Waals surface area contributed by atoms with E-state index in [9.17, 15) is 0 Å². The minimum atomic E-state index is 0.543. The predicted octanol–water partition coefficient (Wildman–Crippen LogP) is 3.14. The van der Waals surface area contributed by atoms with Gasteiger partial charge in [-0.15, -0.1) is 0 Å². The summed E-state index contributed by atoms with van der Waals surface area (Å²) in [7, 11) is 1.92. The van der Waals surface area contributed by atoms with Crippen molar-refractivity contribution in [2.75, 3.05) is 7.05 Å². The summed E-state index contributed by atoms with van der Waals surface area (Å²) in [5.41, 5.74) is 2.25. The molecule has 2 rings (SSSR count). The summed E-state index contributed by atoms with van der Waals surface area (Å²) < 4.78 is 6.87. The molecule has 0 saturated carbocycles. The van der Waals surface area contributed by atoms with Gasteiger partial charge in [0.15, 0.2) is 0 Å². The van der Waals surface area contributed by atoms with Crippen molar-refractivity contribution in [3.8, 4) is 5.75 Å². The van der Waals surface area contributed by atoms with Gasteiger partial charge in [-0.05, 0) is 46.7 Å². The zero-order chi connectivity index (χ0) is 12.8. The fourth-order valence-electron chi connectivity index (χ4n) is 1.68. The molecule has 1 aromatic carbocycles. The van der Waals surface area contributed by atoms with Crippen molar-refractivity contribution in [2.45, 2.75) is 13.2 Å². The van der Waals surface area contributed by atoms with Gasteiger partial charge >= 0.3 is 0 Å². The number of benzene rings is 1. The molecule has 0 aliphatic rings. The molecule has 0 fully saturated rings. The highest BCUT2D eigenvalue weighted by atomic mass is 79.9. The lowest BCUT2D eigenvalue weighted by Crippen LogP contribution is -2.08. The first-order valence-corrected chi connectivity index (χ1v) is 6.54. The Bertz CT molecular complexity index is 502. The molecule has 0 amide bonds. The number of rotatable bonds is 5. The molecular formula is C14H15BrN2O. The van der Waals surface area contributed by atoms with Crippen molar-refractivity contribution in [3.05, 3.63) is 58.3 Å². The summed E-state index contributed by atoms with van der Waals surface area (Å²) in [6, 6.07) is 9.96. The van der Waals surface area contributed by atoms with Crippen LogP contribution in [-0.2, 0) is 13.2 Å². The van der Waals surface area contributed by atoms with Crippen molar-refractivity contribution in [2.24, 2.45) is 0 Å². The lowest BCUT2D eigenvalue weighted by Gasteiger charge is -2.13. The highest BCUT2D eigenvalue weighted by Crippen LogP contribution is 2.29. The van der Waals surface area contributed by atoms with Crippen molar-refractivity contribution < 1.29 is 4.74 Å². The number of hydrogen-bond acceptors (Lipinski definition) is 3. The van der Waals surface area contributed by atoms with Crippen LogP contribution in [0.5, 0.6) is 5.75 Å². The first-order chi connectivity index (χ1) is 8.81. The molecular weight excluding hydrogens is 292 g/mol. The minimum absolute atomic E-state index is 0.543. The van der Waals surface area contributed by atoms with E-state index in [0.29, 0.717) is 6.61 Å². The van der Waals surface area contributed by atoms with Crippen molar-refractivity contribution in [3.63, 3.8) is 0 Å². The van der Waals surface area contributed by atoms with Crippen LogP contribution < -0.4 is 10.1 Å². The van der Waals surface area contributed by atoms with Crippen LogP contribution in [0.4, 0.5) is 0 Å². The van der Waals surface area contributed by atoms with Crippen LogP contribution in [0.1, 0.15) is 11.1 Å². The van der Waals surface area contributed by atoms with Gasteiger partial charge in [-0.25, -0.2) is 0 Å². The van der Waals surface area contributed by atoms with Gasteiger partial charge in [-0.2, -0.15) is 0 Å². The van der Waals surface area contributed by atoms with Crippen molar-refractivity contribution in [1.82, 2.24) is 10.3 Å². The van der Waals surface area contributed by atoms with E-state index >= 15 is 0 Å². The normalized spacial score (nSPS) is 10.3. The van der Waals surface area contributed by atoms with E-state index in [1.807, 2.05) is 31.3 Å². The van der Waals surface area contributed by atoms with Gasteiger partial charge in [0, 0.05) is 24.5 Å². The first kappa shape index (κ1) is 13.1. The lowest BCUT2D eigenvalue weighted by atomic mass is 10.2. The Morgan fingerprint density at radius 3 is 2.72 bits per heavy atom. The van der Waals surface area contributed by atoms with Gasteiger partial charge < -0.3 is 10.1 Å². The molecule has 1 aromatic heterocycles. The Balaban J connectivity index is 2.13. The van der Waals surface area contributed by atoms with Gasteiger partial charge in [0.2, 0.25) is 0 Å². The Hall–Kier alpha value is -1.39. The van der Waals surface area contributed by atoms with Crippen LogP contribution in [0.2, 0.25) is 0 Å². The molecule has 0 unspecified atom stereocenters. The van der Waals surface area contributed by atoms with E-state index in [-0.39, 0.29) is 0 Å². The maximum absolute atomic E-state index is 5.89. The molecule has 1 heterocycles. The van der Waals surface area contributed by atoms with E-state index in [2.05, 4.69) is 32.3 Å². The summed E-state index contributed by atoms with van der Waals surface area (Å²) >= 11 is 3.53. The molecule has 94 valence electrons. The lowest BCUT2D eigenvalue weighted by molar-refractivity contribution is 0.300. The second-order valence-electron chi connectivity index (χ2n) is 3.90. The quantitative estimate of drug-likeness (QED) is 0.921. The van der Waals surface area contributed by atoms with Crippen LogP contribution in [0.25, 0.3) is 0 Å². The predicted molar refractivity (Wildman–Crippen MR) is 75.5 cm³/mol. The highest BCUT2D eigenvalue weighted by Gasteiger charge is 2.07. The zero-order valence-corrected chi connectivity index (χ0v) is 11.8. The number of aromatic nitrogens is 1. The van der Waals surface area contributed by atoms with Gasteiger partial charge in [-0.1, -0.05) is 12.1 Å². The fourth-order valence-corrected chi connectivity index (χ4v) is 2.20. The molecule has 0 bridgehead atoms. The number of hydrogen-bond donors (Lipinski definition) is 1. The second-order valence-corrected chi connectivity index (χ2v) is 4.76. The Kier molecular flexibility index (Phi) is 4.73. The molecule has 0 atom stereocenters. The Labute approximate surface area is 115 Å². The summed E-state index contributed by atoms with van der Waals surface area (Å²) in [6.45, 7) is 1.33. The molecule has 0 radical (unpaired) electrons. The smallest absolute Gasteiger partial charge is 0.138 e. The van der Waals surface area contributed by atoms with Gasteiger partial charge in [0.05, 0.1) is 4.47 Å². The Morgan fingerprint density at radius 1 is 1.22 bits per heavy atom. The number of halogens is 1. The number of para-hydroxylation sites is 1. The molecule has 18 heavy (non-hydrogen) atoms. The second kappa shape index (κ2) is 6.52. The summed E-state index contributed by atoms with van der Waals surface area (Å²) in [4.78, 5) is 3.99. The molecule has 3 nitrogen and oxygen atoms in total. The molecule has 0 spiro atoms. The van der Waals surface area contributed by atoms with Crippen LogP contribution >= 0.6 is 15.9 Å². The van der Waals surface area contributed by atoms with Gasteiger partial charge in [0.1, 0.15) is 12.4 Å². The molecule has 0 saturated heterocycles. The SMILES string of the molecule is CNCc1cccc(Br)c1OCc1ccncc1. The third-order valence-corrected chi connectivity index (χ3v) is 3.17. The van der Waals surface area contributed by atoms with Crippen LogP contribution in [0.15, 0.2) is 47.2 Å². The first-order valence-electron chi connectivity index (χ1n) is 5.75. The number of ether oxygens (including phenoxy) is 1. The number of nitrogens with one attached hydrogen (secondary N) is 1. The van der Waals surface area contributed by atoms with E-state index in [1.165, 1.54) is 0 Å². The van der Waals surface area contributed by atoms with Gasteiger partial charge in [-0.3, -0.25) is 4.98 Å². The summed E-state index contributed by atoms with van der Waals surface area (Å²) in [5.74, 6) is 0.892. The topological polar surface area (TPSA) is 34.1 Å². The maximum Gasteiger partial charge on any atom is 0.138 e. The maximum atomic E-state index is 5.89. The number of nitrogens with zero attached hydrogens (tertiary/aromatic N) is 1. The Morgan fingerprint density at radius 2 is 2.00 bits per heavy atom.